The molecule has 142 valence electrons. The van der Waals surface area contributed by atoms with Crippen LogP contribution in [0.2, 0.25) is 0 Å². The molecular weight excluding hydrogens is 316 g/mol. The highest BCUT2D eigenvalue weighted by Crippen LogP contribution is 2.20. The van der Waals surface area contributed by atoms with E-state index in [4.69, 9.17) is 20.3 Å². The molecule has 0 spiro atoms. The monoisotopic (exact) mass is 348 g/mol. The summed E-state index contributed by atoms with van der Waals surface area (Å²) in [4.78, 5) is 11.7. The van der Waals surface area contributed by atoms with Crippen molar-refractivity contribution in [2.75, 3.05) is 19.8 Å². The summed E-state index contributed by atoms with van der Waals surface area (Å²) in [6.45, 7) is 2.63. The Morgan fingerprint density at radius 3 is 2.62 bits per heavy atom. The maximum absolute atomic E-state index is 11.7. The molecule has 0 aliphatic carbocycles. The fourth-order valence-corrected chi connectivity index (χ4v) is 2.55. The lowest BCUT2D eigenvalue weighted by molar-refractivity contribution is -0.265. The third-order valence-electron chi connectivity index (χ3n) is 4.11. The molecule has 0 saturated carbocycles. The van der Waals surface area contributed by atoms with Crippen molar-refractivity contribution >= 4 is 5.91 Å². The quantitative estimate of drug-likeness (QED) is 0.310. The van der Waals surface area contributed by atoms with E-state index in [2.05, 4.69) is 12.2 Å². The first-order valence-electron chi connectivity index (χ1n) is 8.77. The van der Waals surface area contributed by atoms with Crippen molar-refractivity contribution in [2.24, 2.45) is 5.73 Å². The van der Waals surface area contributed by atoms with Gasteiger partial charge < -0.3 is 35.8 Å². The van der Waals surface area contributed by atoms with Crippen LogP contribution in [0.5, 0.6) is 0 Å². The van der Waals surface area contributed by atoms with Gasteiger partial charge in [-0.1, -0.05) is 26.2 Å². The molecule has 0 bridgehead atoms. The van der Waals surface area contributed by atoms with E-state index in [1.54, 1.807) is 0 Å². The number of nitrogens with one attached hydrogen (secondary N) is 1. The lowest BCUT2D eigenvalue weighted by Gasteiger charge is -2.40. The highest BCUT2D eigenvalue weighted by atomic mass is 16.7. The predicted octanol–water partition coefficient (Wildman–Crippen LogP) is -0.754. The third kappa shape index (κ3) is 7.00. The predicted molar refractivity (Wildman–Crippen MR) is 88.1 cm³/mol. The summed E-state index contributed by atoms with van der Waals surface area (Å²) in [6.07, 6.45) is 0.964. The van der Waals surface area contributed by atoms with Crippen LogP contribution >= 0.6 is 0 Å². The van der Waals surface area contributed by atoms with E-state index < -0.39 is 37.3 Å². The number of nitrogens with two attached hydrogens (primary N) is 1. The Morgan fingerprint density at radius 2 is 1.96 bits per heavy atom. The van der Waals surface area contributed by atoms with Gasteiger partial charge in [0.25, 0.3) is 0 Å². The van der Waals surface area contributed by atoms with E-state index >= 15 is 0 Å². The number of ether oxygens (including phenoxy) is 2. The number of hydrogen-bond donors (Lipinski definition) is 5. The molecule has 0 radical (unpaired) electrons. The second-order valence-corrected chi connectivity index (χ2v) is 6.17. The topological polar surface area (TPSA) is 134 Å². The van der Waals surface area contributed by atoms with Gasteiger partial charge in [-0.05, 0) is 12.8 Å². The average Bonchev–Trinajstić information content (AvgIpc) is 2.58. The van der Waals surface area contributed by atoms with Crippen molar-refractivity contribution in [3.8, 4) is 0 Å². The molecule has 0 aromatic rings. The Balaban J connectivity index is 2.16. The van der Waals surface area contributed by atoms with Crippen LogP contribution in [0.25, 0.3) is 0 Å². The van der Waals surface area contributed by atoms with Gasteiger partial charge in [-0.2, -0.15) is 0 Å². The normalized spacial score (nSPS) is 30.3. The van der Waals surface area contributed by atoms with Gasteiger partial charge >= 0.3 is 0 Å². The second kappa shape index (κ2) is 11.7. The fourth-order valence-electron chi connectivity index (χ4n) is 2.55. The SMILES string of the molecule is CCCCCCNC(=O)CCCOC1OC(CO)C(O)C(O)C1N. The minimum atomic E-state index is -1.25. The summed E-state index contributed by atoms with van der Waals surface area (Å²) in [6, 6.07) is -0.907. The molecule has 5 atom stereocenters. The van der Waals surface area contributed by atoms with Gasteiger partial charge in [0.15, 0.2) is 6.29 Å². The first-order valence-corrected chi connectivity index (χ1v) is 8.77. The zero-order valence-electron chi connectivity index (χ0n) is 14.4. The molecule has 1 saturated heterocycles. The maximum Gasteiger partial charge on any atom is 0.220 e. The minimum absolute atomic E-state index is 0.0207. The lowest BCUT2D eigenvalue weighted by atomic mass is 9.98. The van der Waals surface area contributed by atoms with Gasteiger partial charge in [0, 0.05) is 13.0 Å². The number of aliphatic hydroxyl groups is 3. The Kier molecular flexibility index (Phi) is 10.4. The van der Waals surface area contributed by atoms with Gasteiger partial charge in [-0.25, -0.2) is 0 Å². The van der Waals surface area contributed by atoms with E-state index in [9.17, 15) is 15.0 Å². The van der Waals surface area contributed by atoms with Crippen molar-refractivity contribution in [2.45, 2.75) is 76.1 Å². The molecule has 5 unspecified atom stereocenters. The molecule has 1 amide bonds. The maximum atomic E-state index is 11.7. The zero-order chi connectivity index (χ0) is 17.9. The first kappa shape index (κ1) is 21.3. The van der Waals surface area contributed by atoms with Crippen LogP contribution in [0.4, 0.5) is 0 Å². The molecule has 0 aromatic heterocycles. The van der Waals surface area contributed by atoms with Crippen LogP contribution in [0.1, 0.15) is 45.4 Å². The Morgan fingerprint density at radius 1 is 1.21 bits per heavy atom. The number of aliphatic hydroxyl groups excluding tert-OH is 3. The average molecular weight is 348 g/mol. The molecule has 1 fully saturated rings. The van der Waals surface area contributed by atoms with Crippen LogP contribution in [0.15, 0.2) is 0 Å². The van der Waals surface area contributed by atoms with Gasteiger partial charge in [0.1, 0.15) is 18.3 Å². The third-order valence-corrected chi connectivity index (χ3v) is 4.11. The van der Waals surface area contributed by atoms with Crippen molar-refractivity contribution in [3.05, 3.63) is 0 Å². The summed E-state index contributed by atoms with van der Waals surface area (Å²) in [5.41, 5.74) is 5.76. The van der Waals surface area contributed by atoms with E-state index in [0.29, 0.717) is 19.4 Å². The number of carbonyl (C=O) groups excluding carboxylic acids is 1. The van der Waals surface area contributed by atoms with Crippen LogP contribution in [0.3, 0.4) is 0 Å². The molecule has 6 N–H and O–H groups in total. The molecule has 8 heteroatoms. The molecule has 1 aliphatic heterocycles. The standard InChI is InChI=1S/C16H32N2O6/c1-2-3-4-5-8-18-12(20)7-6-9-23-16-13(17)15(22)14(21)11(10-19)24-16/h11,13-16,19,21-22H,2-10,17H2,1H3,(H,18,20). The number of unbranched alkanes of at least 4 members (excludes halogenated alkanes) is 3. The molecule has 1 heterocycles. The molecule has 0 aromatic carbocycles. The Hall–Kier alpha value is -0.770. The summed E-state index contributed by atoms with van der Waals surface area (Å²) in [7, 11) is 0. The number of carbonyl (C=O) groups is 1. The largest absolute Gasteiger partial charge is 0.394 e. The van der Waals surface area contributed by atoms with Crippen molar-refractivity contribution in [1.82, 2.24) is 5.32 Å². The van der Waals surface area contributed by atoms with Crippen LogP contribution < -0.4 is 11.1 Å². The Labute approximate surface area is 143 Å². The van der Waals surface area contributed by atoms with E-state index in [1.807, 2.05) is 0 Å². The highest BCUT2D eigenvalue weighted by Gasteiger charge is 2.42. The van der Waals surface area contributed by atoms with E-state index in [-0.39, 0.29) is 12.5 Å². The van der Waals surface area contributed by atoms with E-state index in [1.165, 1.54) is 12.8 Å². The fraction of sp³-hybridized carbons (Fsp3) is 0.938. The van der Waals surface area contributed by atoms with Crippen molar-refractivity contribution in [3.63, 3.8) is 0 Å². The van der Waals surface area contributed by atoms with Crippen LogP contribution in [0, 0.1) is 0 Å². The molecule has 1 rings (SSSR count). The minimum Gasteiger partial charge on any atom is -0.394 e. The van der Waals surface area contributed by atoms with Gasteiger partial charge in [0.05, 0.1) is 19.3 Å². The lowest BCUT2D eigenvalue weighted by Crippen LogP contribution is -2.62. The molecule has 1 aliphatic rings. The summed E-state index contributed by atoms with van der Waals surface area (Å²) in [5.74, 6) is -0.0207. The first-order chi connectivity index (χ1) is 11.5. The van der Waals surface area contributed by atoms with E-state index in [0.717, 1.165) is 12.8 Å². The van der Waals surface area contributed by atoms with Gasteiger partial charge in [-0.15, -0.1) is 0 Å². The molecule has 8 nitrogen and oxygen atoms in total. The zero-order valence-corrected chi connectivity index (χ0v) is 14.4. The molecular formula is C16H32N2O6. The summed E-state index contributed by atoms with van der Waals surface area (Å²) in [5, 5.41) is 31.5. The second-order valence-electron chi connectivity index (χ2n) is 6.17. The van der Waals surface area contributed by atoms with Crippen molar-refractivity contribution in [1.29, 1.82) is 0 Å². The smallest absolute Gasteiger partial charge is 0.220 e. The number of amides is 1. The molecule has 24 heavy (non-hydrogen) atoms. The highest BCUT2D eigenvalue weighted by molar-refractivity contribution is 5.75. The van der Waals surface area contributed by atoms with Gasteiger partial charge in [-0.3, -0.25) is 4.79 Å². The summed E-state index contributed by atoms with van der Waals surface area (Å²) >= 11 is 0. The number of rotatable bonds is 11. The van der Waals surface area contributed by atoms with Crippen LogP contribution in [-0.2, 0) is 14.3 Å². The summed E-state index contributed by atoms with van der Waals surface area (Å²) < 4.78 is 10.8. The van der Waals surface area contributed by atoms with Crippen LogP contribution in [-0.4, -0.2) is 71.6 Å². The van der Waals surface area contributed by atoms with Crippen molar-refractivity contribution < 1.29 is 29.6 Å². The Bertz CT molecular complexity index is 355. The van der Waals surface area contributed by atoms with Gasteiger partial charge in [0.2, 0.25) is 5.91 Å². The number of hydrogen-bond acceptors (Lipinski definition) is 7.